The van der Waals surface area contributed by atoms with Crippen molar-refractivity contribution in [3.8, 4) is 0 Å². The van der Waals surface area contributed by atoms with Gasteiger partial charge in [0.2, 0.25) is 5.78 Å². The van der Waals surface area contributed by atoms with E-state index < -0.39 is 0 Å². The maximum absolute atomic E-state index is 12.5. The summed E-state index contributed by atoms with van der Waals surface area (Å²) in [7, 11) is 0. The van der Waals surface area contributed by atoms with Crippen molar-refractivity contribution >= 4 is 34.0 Å². The van der Waals surface area contributed by atoms with E-state index in [2.05, 4.69) is 0 Å². The number of hydrogen-bond acceptors (Lipinski definition) is 3. The van der Waals surface area contributed by atoms with Crippen LogP contribution in [-0.2, 0) is 0 Å². The van der Waals surface area contributed by atoms with Crippen LogP contribution in [0.1, 0.15) is 21.7 Å². The van der Waals surface area contributed by atoms with E-state index >= 15 is 0 Å². The molecule has 2 aromatic carbocycles. The van der Waals surface area contributed by atoms with Crippen LogP contribution in [0.5, 0.6) is 0 Å². The molecule has 0 atom stereocenters. The summed E-state index contributed by atoms with van der Waals surface area (Å²) < 4.78 is 5.57. The molecule has 0 unspecified atom stereocenters. The van der Waals surface area contributed by atoms with Crippen molar-refractivity contribution in [1.29, 1.82) is 0 Å². The average molecular weight is 286 g/mol. The number of fused-ring (bicyclic) bond motifs is 1. The molecule has 0 aliphatic heterocycles. The van der Waals surface area contributed by atoms with Crippen molar-refractivity contribution in [1.82, 2.24) is 0 Å². The summed E-state index contributed by atoms with van der Waals surface area (Å²) in [6, 6.07) is 12.4. The third kappa shape index (κ3) is 2.06. The Bertz CT molecular complexity index is 820. The molecule has 0 radical (unpaired) electrons. The van der Waals surface area contributed by atoms with Gasteiger partial charge in [0.05, 0.1) is 5.02 Å². The van der Waals surface area contributed by atoms with Gasteiger partial charge in [-0.15, -0.1) is 0 Å². The number of hydrogen-bond donors (Lipinski definition) is 1. The fraction of sp³-hybridized carbons (Fsp3) is 0.0625. The number of anilines is 1. The van der Waals surface area contributed by atoms with Crippen LogP contribution in [0.2, 0.25) is 5.02 Å². The largest absolute Gasteiger partial charge is 0.451 e. The van der Waals surface area contributed by atoms with E-state index in [1.165, 1.54) is 0 Å². The summed E-state index contributed by atoms with van der Waals surface area (Å²) in [6.07, 6.45) is 0. The number of aryl methyl sites for hydroxylation is 1. The Morgan fingerprint density at radius 1 is 1.20 bits per heavy atom. The molecule has 1 heterocycles. The van der Waals surface area contributed by atoms with Crippen LogP contribution in [0.15, 0.2) is 46.9 Å². The number of halogens is 1. The predicted octanol–water partition coefficient (Wildman–Crippen LogP) is 4.21. The Balaban J connectivity index is 2.13. The molecule has 2 N–H and O–H groups in total. The summed E-state index contributed by atoms with van der Waals surface area (Å²) in [5, 5.41) is 1.28. The fourth-order valence-corrected chi connectivity index (χ4v) is 2.36. The fourth-order valence-electron chi connectivity index (χ4n) is 2.14. The molecule has 0 saturated heterocycles. The topological polar surface area (TPSA) is 56.2 Å². The zero-order valence-corrected chi connectivity index (χ0v) is 11.6. The molecule has 0 aliphatic rings. The molecule has 1 aromatic heterocycles. The van der Waals surface area contributed by atoms with Gasteiger partial charge in [-0.2, -0.15) is 0 Å². The Morgan fingerprint density at radius 3 is 2.75 bits per heavy atom. The van der Waals surface area contributed by atoms with E-state index in [-0.39, 0.29) is 11.5 Å². The van der Waals surface area contributed by atoms with E-state index in [1.54, 1.807) is 24.3 Å². The predicted molar refractivity (Wildman–Crippen MR) is 80.2 cm³/mol. The monoisotopic (exact) mass is 285 g/mol. The third-order valence-electron chi connectivity index (χ3n) is 3.17. The number of nitrogens with two attached hydrogens (primary N) is 1. The molecule has 20 heavy (non-hydrogen) atoms. The van der Waals surface area contributed by atoms with Gasteiger partial charge in [-0.25, -0.2) is 0 Å². The summed E-state index contributed by atoms with van der Waals surface area (Å²) in [5.41, 5.74) is 8.23. The van der Waals surface area contributed by atoms with E-state index in [4.69, 9.17) is 21.8 Å². The molecule has 0 amide bonds. The first-order valence-electron chi connectivity index (χ1n) is 6.15. The van der Waals surface area contributed by atoms with Crippen molar-refractivity contribution in [3.05, 3.63) is 64.4 Å². The van der Waals surface area contributed by atoms with Gasteiger partial charge in [0, 0.05) is 16.6 Å². The minimum absolute atomic E-state index is 0.238. The molecule has 0 aliphatic carbocycles. The van der Waals surface area contributed by atoms with Crippen LogP contribution in [-0.4, -0.2) is 5.78 Å². The average Bonchev–Trinajstić information content (AvgIpc) is 2.86. The lowest BCUT2D eigenvalue weighted by Crippen LogP contribution is -2.04. The van der Waals surface area contributed by atoms with Gasteiger partial charge in [0.1, 0.15) is 0 Å². The lowest BCUT2D eigenvalue weighted by molar-refractivity contribution is 0.101. The molecule has 3 nitrogen and oxygen atoms in total. The number of carbonyl (C=O) groups is 1. The van der Waals surface area contributed by atoms with Crippen LogP contribution in [0, 0.1) is 6.92 Å². The van der Waals surface area contributed by atoms with Crippen molar-refractivity contribution < 1.29 is 9.21 Å². The normalized spacial score (nSPS) is 10.9. The second-order valence-corrected chi connectivity index (χ2v) is 5.10. The van der Waals surface area contributed by atoms with Crippen molar-refractivity contribution in [3.63, 3.8) is 0 Å². The maximum atomic E-state index is 12.5. The Hall–Kier alpha value is -2.26. The summed E-state index contributed by atoms with van der Waals surface area (Å²) in [6.45, 7) is 1.91. The number of para-hydroxylation sites is 1. The van der Waals surface area contributed by atoms with Gasteiger partial charge in [-0.1, -0.05) is 35.4 Å². The number of nitrogen functional groups attached to an aromatic ring is 1. The number of furan rings is 1. The highest BCUT2D eigenvalue weighted by atomic mass is 35.5. The van der Waals surface area contributed by atoms with Gasteiger partial charge >= 0.3 is 0 Å². The van der Waals surface area contributed by atoms with Crippen LogP contribution < -0.4 is 5.73 Å². The SMILES string of the molecule is Cc1ccc(N)c(C(=O)c2cc3cccc(Cl)c3o2)c1. The van der Waals surface area contributed by atoms with Gasteiger partial charge < -0.3 is 10.2 Å². The van der Waals surface area contributed by atoms with Gasteiger partial charge in [0.25, 0.3) is 0 Å². The number of rotatable bonds is 2. The smallest absolute Gasteiger partial charge is 0.230 e. The number of benzene rings is 2. The zero-order chi connectivity index (χ0) is 14.3. The minimum atomic E-state index is -0.238. The Kier molecular flexibility index (Phi) is 2.99. The summed E-state index contributed by atoms with van der Waals surface area (Å²) in [4.78, 5) is 12.5. The highest BCUT2D eigenvalue weighted by molar-refractivity contribution is 6.35. The lowest BCUT2D eigenvalue weighted by atomic mass is 10.0. The highest BCUT2D eigenvalue weighted by Crippen LogP contribution is 2.28. The second kappa shape index (κ2) is 4.69. The van der Waals surface area contributed by atoms with Crippen molar-refractivity contribution in [2.45, 2.75) is 6.92 Å². The molecule has 3 rings (SSSR count). The number of ketones is 1. The molecular weight excluding hydrogens is 274 g/mol. The first kappa shape index (κ1) is 12.8. The Labute approximate surface area is 120 Å². The van der Waals surface area contributed by atoms with Gasteiger partial charge in [0.15, 0.2) is 11.3 Å². The van der Waals surface area contributed by atoms with Crippen molar-refractivity contribution in [2.24, 2.45) is 0 Å². The van der Waals surface area contributed by atoms with Crippen LogP contribution in [0.3, 0.4) is 0 Å². The van der Waals surface area contributed by atoms with Crippen molar-refractivity contribution in [2.75, 3.05) is 5.73 Å². The second-order valence-electron chi connectivity index (χ2n) is 4.69. The van der Waals surface area contributed by atoms with Gasteiger partial charge in [-0.3, -0.25) is 4.79 Å². The van der Waals surface area contributed by atoms with Crippen LogP contribution in [0.4, 0.5) is 5.69 Å². The van der Waals surface area contributed by atoms with Gasteiger partial charge in [-0.05, 0) is 31.2 Å². The zero-order valence-electron chi connectivity index (χ0n) is 10.8. The molecule has 0 bridgehead atoms. The van der Waals surface area contributed by atoms with E-state index in [0.29, 0.717) is 21.9 Å². The standard InChI is InChI=1S/C16H12ClNO2/c1-9-5-6-13(18)11(7-9)15(19)14-8-10-3-2-4-12(17)16(10)20-14/h2-8H,18H2,1H3. The molecule has 3 aromatic rings. The quantitative estimate of drug-likeness (QED) is 0.567. The third-order valence-corrected chi connectivity index (χ3v) is 3.47. The molecule has 0 spiro atoms. The summed E-state index contributed by atoms with van der Waals surface area (Å²) in [5.74, 6) is 0.00358. The minimum Gasteiger partial charge on any atom is -0.451 e. The molecule has 100 valence electrons. The first-order chi connectivity index (χ1) is 9.56. The molecule has 0 saturated carbocycles. The molecule has 4 heteroatoms. The van der Waals surface area contributed by atoms with E-state index in [9.17, 15) is 4.79 Å². The van der Waals surface area contributed by atoms with E-state index in [1.807, 2.05) is 25.1 Å². The summed E-state index contributed by atoms with van der Waals surface area (Å²) >= 11 is 6.05. The molecule has 0 fully saturated rings. The maximum Gasteiger partial charge on any atom is 0.230 e. The lowest BCUT2D eigenvalue weighted by Gasteiger charge is -2.03. The first-order valence-corrected chi connectivity index (χ1v) is 6.53. The number of carbonyl (C=O) groups excluding carboxylic acids is 1. The Morgan fingerprint density at radius 2 is 2.00 bits per heavy atom. The van der Waals surface area contributed by atoms with Crippen LogP contribution in [0.25, 0.3) is 11.0 Å². The van der Waals surface area contributed by atoms with Crippen LogP contribution >= 0.6 is 11.6 Å². The van der Waals surface area contributed by atoms with E-state index in [0.717, 1.165) is 10.9 Å². The molecular formula is C16H12ClNO2. The highest BCUT2D eigenvalue weighted by Gasteiger charge is 2.18.